The molecule has 2 atom stereocenters. The van der Waals surface area contributed by atoms with Crippen LogP contribution in [-0.4, -0.2) is 38.2 Å². The van der Waals surface area contributed by atoms with Crippen molar-refractivity contribution < 1.29 is 21.6 Å². The average Bonchev–Trinajstić information content (AvgIpc) is 2.96. The Morgan fingerprint density at radius 2 is 2.00 bits per heavy atom. The zero-order valence-electron chi connectivity index (χ0n) is 14.1. The zero-order valence-corrected chi connectivity index (χ0v) is 16.5. The van der Waals surface area contributed by atoms with Gasteiger partial charge in [-0.2, -0.15) is 0 Å². The normalized spacial score (nSPS) is 29.5. The van der Waals surface area contributed by atoms with Crippen LogP contribution in [0.1, 0.15) is 33.1 Å². The van der Waals surface area contributed by atoms with Crippen LogP contribution >= 0.6 is 11.3 Å². The van der Waals surface area contributed by atoms with Crippen molar-refractivity contribution in [3.63, 3.8) is 0 Å². The second kappa shape index (κ2) is 5.44. The minimum atomic E-state index is -4.04. The summed E-state index contributed by atoms with van der Waals surface area (Å²) >= 11 is 0.577. The Morgan fingerprint density at radius 3 is 2.44 bits per heavy atom. The van der Waals surface area contributed by atoms with Gasteiger partial charge in [-0.3, -0.25) is 4.79 Å². The number of carbonyl (C=O) groups is 1. The van der Waals surface area contributed by atoms with E-state index in [9.17, 15) is 21.6 Å². The number of ketones is 1. The lowest BCUT2D eigenvalue weighted by Crippen LogP contribution is -2.42. The zero-order chi connectivity index (χ0) is 18.8. The molecule has 9 nitrogen and oxygen atoms in total. The van der Waals surface area contributed by atoms with Crippen molar-refractivity contribution in [1.29, 1.82) is 0 Å². The second-order valence-electron chi connectivity index (χ2n) is 7.30. The van der Waals surface area contributed by atoms with Crippen molar-refractivity contribution in [2.24, 2.45) is 33.3 Å². The number of hydrogen-bond acceptors (Lipinski definition) is 7. The van der Waals surface area contributed by atoms with E-state index in [1.807, 2.05) is 13.8 Å². The van der Waals surface area contributed by atoms with E-state index in [2.05, 4.69) is 9.50 Å². The number of carbonyl (C=O) groups excluding carboxylic acids is 1. The Labute approximate surface area is 150 Å². The molecule has 1 unspecified atom stereocenters. The van der Waals surface area contributed by atoms with Crippen molar-refractivity contribution in [3.05, 3.63) is 4.80 Å². The van der Waals surface area contributed by atoms with E-state index in [0.717, 1.165) is 11.1 Å². The number of fused-ring (bicyclic) bond motifs is 2. The van der Waals surface area contributed by atoms with E-state index >= 15 is 0 Å². The van der Waals surface area contributed by atoms with Gasteiger partial charge in [0.15, 0.2) is 0 Å². The molecular formula is C13H20N4O5S3. The SMILES string of the molecule is Cn1nc(S(N)(=O)=O)s/c1=N\S(=O)(=O)C[C@@]12CCC(CC1=O)C2(C)C. The summed E-state index contributed by atoms with van der Waals surface area (Å²) in [5.74, 6) is -0.194. The molecule has 1 aromatic heterocycles. The van der Waals surface area contributed by atoms with Gasteiger partial charge < -0.3 is 0 Å². The van der Waals surface area contributed by atoms with Crippen molar-refractivity contribution in [2.75, 3.05) is 5.75 Å². The lowest BCUT2D eigenvalue weighted by atomic mass is 9.70. The maximum Gasteiger partial charge on any atom is 0.267 e. The molecule has 2 aliphatic carbocycles. The fourth-order valence-corrected chi connectivity index (χ4v) is 7.72. The Bertz CT molecular complexity index is 1020. The van der Waals surface area contributed by atoms with E-state index in [0.29, 0.717) is 24.2 Å². The highest BCUT2D eigenvalue weighted by molar-refractivity contribution is 7.91. The van der Waals surface area contributed by atoms with Gasteiger partial charge in [-0.25, -0.2) is 26.7 Å². The highest BCUT2D eigenvalue weighted by Crippen LogP contribution is 2.64. The number of primary sulfonamides is 1. The molecule has 2 bridgehead atoms. The minimum Gasteiger partial charge on any atom is -0.299 e. The maximum atomic E-state index is 12.6. The predicted octanol–water partition coefficient (Wildman–Crippen LogP) is -0.245. The number of nitrogens with zero attached hydrogens (tertiary/aromatic N) is 3. The molecule has 0 saturated heterocycles. The quantitative estimate of drug-likeness (QED) is 0.728. The standard InChI is InChI=1S/C13H20N4O5S3/c1-12(2)8-4-5-13(12,9(18)6-8)7-24(19,20)16-10-17(3)15-11(23-10)25(14,21)22/h8H,4-7H2,1-3H3,(H2,14,21,22)/b16-10-/t8?,13-/m0/s1. The first-order chi connectivity index (χ1) is 11.3. The molecule has 140 valence electrons. The van der Waals surface area contributed by atoms with Gasteiger partial charge in [-0.1, -0.05) is 25.2 Å². The fraction of sp³-hybridized carbons (Fsp3) is 0.769. The minimum absolute atomic E-state index is 0.0218. The summed E-state index contributed by atoms with van der Waals surface area (Å²) in [5.41, 5.74) is -1.32. The van der Waals surface area contributed by atoms with E-state index < -0.39 is 35.2 Å². The third-order valence-corrected chi connectivity index (χ3v) is 9.45. The first kappa shape index (κ1) is 18.7. The number of Topliss-reactive ketones (excluding diaryl/α,β-unsaturated/α-hetero) is 1. The summed E-state index contributed by atoms with van der Waals surface area (Å²) in [7, 11) is -6.66. The molecule has 1 heterocycles. The number of nitrogens with two attached hydrogens (primary N) is 1. The summed E-state index contributed by atoms with van der Waals surface area (Å²) < 4.78 is 52.4. The average molecular weight is 409 g/mol. The summed E-state index contributed by atoms with van der Waals surface area (Å²) in [6, 6.07) is 0. The monoisotopic (exact) mass is 408 g/mol. The number of rotatable bonds is 4. The van der Waals surface area contributed by atoms with Crippen LogP contribution in [0.5, 0.6) is 0 Å². The third kappa shape index (κ3) is 2.88. The molecule has 2 saturated carbocycles. The van der Waals surface area contributed by atoms with Crippen LogP contribution in [0.25, 0.3) is 0 Å². The summed E-state index contributed by atoms with van der Waals surface area (Å²) in [6.07, 6.45) is 1.78. The number of sulfonamides is 2. The van der Waals surface area contributed by atoms with Crippen molar-refractivity contribution in [1.82, 2.24) is 9.78 Å². The first-order valence-electron chi connectivity index (χ1n) is 7.67. The van der Waals surface area contributed by atoms with Crippen LogP contribution in [0.15, 0.2) is 8.74 Å². The van der Waals surface area contributed by atoms with Crippen LogP contribution in [-0.2, 0) is 31.9 Å². The Hall–Kier alpha value is -1.11. The van der Waals surface area contributed by atoms with Crippen LogP contribution < -0.4 is 9.94 Å². The van der Waals surface area contributed by atoms with Crippen molar-refractivity contribution in [2.45, 2.75) is 37.4 Å². The molecular weight excluding hydrogens is 388 g/mol. The van der Waals surface area contributed by atoms with Gasteiger partial charge in [0.25, 0.3) is 20.0 Å². The van der Waals surface area contributed by atoms with Gasteiger partial charge in [0.2, 0.25) is 9.14 Å². The molecule has 2 N–H and O–H groups in total. The van der Waals surface area contributed by atoms with Crippen LogP contribution in [0.2, 0.25) is 0 Å². The molecule has 0 amide bonds. The molecule has 0 spiro atoms. The Balaban J connectivity index is 2.02. The lowest BCUT2D eigenvalue weighted by molar-refractivity contribution is -0.128. The maximum absolute atomic E-state index is 12.6. The number of aryl methyl sites for hydroxylation is 1. The largest absolute Gasteiger partial charge is 0.299 e. The molecule has 2 aliphatic rings. The van der Waals surface area contributed by atoms with Crippen LogP contribution in [0, 0.1) is 16.7 Å². The second-order valence-corrected chi connectivity index (χ2v) is 11.6. The number of aromatic nitrogens is 2. The van der Waals surface area contributed by atoms with Crippen molar-refractivity contribution in [3.8, 4) is 0 Å². The highest BCUT2D eigenvalue weighted by Gasteiger charge is 2.65. The Kier molecular flexibility index (Phi) is 4.07. The van der Waals surface area contributed by atoms with E-state index in [1.165, 1.54) is 7.05 Å². The summed E-state index contributed by atoms with van der Waals surface area (Å²) in [6.45, 7) is 3.88. The Morgan fingerprint density at radius 1 is 1.36 bits per heavy atom. The molecule has 0 aromatic carbocycles. The van der Waals surface area contributed by atoms with Crippen LogP contribution in [0.3, 0.4) is 0 Å². The molecule has 12 heteroatoms. The summed E-state index contributed by atoms with van der Waals surface area (Å²) in [5, 5.41) is 8.69. The van der Waals surface area contributed by atoms with Crippen LogP contribution in [0.4, 0.5) is 0 Å². The number of hydrogen-bond donors (Lipinski definition) is 1. The molecule has 3 rings (SSSR count). The molecule has 1 aromatic rings. The summed E-state index contributed by atoms with van der Waals surface area (Å²) in [4.78, 5) is 12.4. The van der Waals surface area contributed by atoms with Gasteiger partial charge >= 0.3 is 0 Å². The topological polar surface area (TPSA) is 142 Å². The van der Waals surface area contributed by atoms with Gasteiger partial charge in [0.05, 0.1) is 11.2 Å². The predicted molar refractivity (Wildman–Crippen MR) is 90.4 cm³/mol. The van der Waals surface area contributed by atoms with Gasteiger partial charge in [0, 0.05) is 13.5 Å². The van der Waals surface area contributed by atoms with E-state index in [1.54, 1.807) is 0 Å². The molecule has 2 fully saturated rings. The van der Waals surface area contributed by atoms with E-state index in [4.69, 9.17) is 5.14 Å². The molecule has 0 aliphatic heterocycles. The fourth-order valence-electron chi connectivity index (χ4n) is 4.09. The molecule has 0 radical (unpaired) electrons. The lowest BCUT2D eigenvalue weighted by Gasteiger charge is -2.35. The smallest absolute Gasteiger partial charge is 0.267 e. The van der Waals surface area contributed by atoms with Crippen molar-refractivity contribution >= 4 is 37.2 Å². The van der Waals surface area contributed by atoms with Gasteiger partial charge in [-0.05, 0) is 24.2 Å². The first-order valence-corrected chi connectivity index (χ1v) is 11.6. The highest BCUT2D eigenvalue weighted by atomic mass is 32.2. The third-order valence-electron chi connectivity index (χ3n) is 5.72. The molecule has 25 heavy (non-hydrogen) atoms. The van der Waals surface area contributed by atoms with Gasteiger partial charge in [-0.15, -0.1) is 9.50 Å². The van der Waals surface area contributed by atoms with E-state index in [-0.39, 0.29) is 22.3 Å². The van der Waals surface area contributed by atoms with Gasteiger partial charge in [0.1, 0.15) is 5.78 Å².